The van der Waals surface area contributed by atoms with E-state index in [1.165, 1.54) is 29.0 Å². The Labute approximate surface area is 112 Å². The van der Waals surface area contributed by atoms with Crippen molar-refractivity contribution < 1.29 is 0 Å². The van der Waals surface area contributed by atoms with Crippen molar-refractivity contribution in [2.75, 3.05) is 16.8 Å². The predicted octanol–water partition coefficient (Wildman–Crippen LogP) is 3.51. The zero-order valence-corrected chi connectivity index (χ0v) is 11.7. The molecule has 96 valence electrons. The zero-order valence-electron chi connectivity index (χ0n) is 10.9. The number of nitrogens with zero attached hydrogens (tertiary/aromatic N) is 1. The van der Waals surface area contributed by atoms with Crippen LogP contribution in [0, 0.1) is 5.41 Å². The van der Waals surface area contributed by atoms with E-state index in [0.717, 1.165) is 5.52 Å². The number of hydrogen-bond donors (Lipinski definition) is 2. The number of rotatable bonds is 2. The van der Waals surface area contributed by atoms with Gasteiger partial charge in [-0.25, -0.2) is 0 Å². The van der Waals surface area contributed by atoms with Crippen molar-refractivity contribution in [2.45, 2.75) is 26.3 Å². The van der Waals surface area contributed by atoms with Gasteiger partial charge in [0.05, 0.1) is 11.7 Å². The van der Waals surface area contributed by atoms with E-state index >= 15 is 0 Å². The second-order valence-electron chi connectivity index (χ2n) is 5.86. The highest BCUT2D eigenvalue weighted by Crippen LogP contribution is 2.35. The first-order chi connectivity index (χ1) is 8.64. The van der Waals surface area contributed by atoms with Gasteiger partial charge in [0.1, 0.15) is 0 Å². The van der Waals surface area contributed by atoms with Crippen molar-refractivity contribution in [1.82, 2.24) is 10.2 Å². The second kappa shape index (κ2) is 4.50. The van der Waals surface area contributed by atoms with Crippen LogP contribution in [0.15, 0.2) is 24.4 Å². The summed E-state index contributed by atoms with van der Waals surface area (Å²) in [5.41, 5.74) is 2.73. The van der Waals surface area contributed by atoms with Crippen molar-refractivity contribution in [3.05, 3.63) is 24.4 Å². The fourth-order valence-corrected chi connectivity index (χ4v) is 3.94. The van der Waals surface area contributed by atoms with E-state index in [4.69, 9.17) is 0 Å². The maximum Gasteiger partial charge on any atom is 0.0671 e. The Kier molecular flexibility index (Phi) is 2.98. The first-order valence-electron chi connectivity index (χ1n) is 6.40. The Balaban J connectivity index is 1.82. The Morgan fingerprint density at radius 1 is 1.44 bits per heavy atom. The molecular weight excluding hydrogens is 242 g/mol. The second-order valence-corrected chi connectivity index (χ2v) is 6.89. The van der Waals surface area contributed by atoms with Crippen molar-refractivity contribution >= 4 is 28.4 Å². The molecule has 4 heteroatoms. The van der Waals surface area contributed by atoms with E-state index < -0.39 is 0 Å². The average molecular weight is 261 g/mol. The zero-order chi connectivity index (χ0) is 12.6. The van der Waals surface area contributed by atoms with E-state index in [1.54, 1.807) is 0 Å². The fourth-order valence-electron chi connectivity index (χ4n) is 2.67. The maximum absolute atomic E-state index is 4.11. The molecule has 0 radical (unpaired) electrons. The van der Waals surface area contributed by atoms with Crippen molar-refractivity contribution in [3.8, 4) is 0 Å². The largest absolute Gasteiger partial charge is 0.381 e. The monoisotopic (exact) mass is 261 g/mol. The Hall–Kier alpha value is -1.16. The molecule has 0 aliphatic carbocycles. The molecule has 3 rings (SSSR count). The molecule has 0 saturated carbocycles. The minimum atomic E-state index is 0.435. The molecule has 2 heterocycles. The Morgan fingerprint density at radius 3 is 3.17 bits per heavy atom. The molecule has 18 heavy (non-hydrogen) atoms. The number of H-pyrrole nitrogens is 1. The molecule has 1 aliphatic heterocycles. The molecule has 1 atom stereocenters. The highest BCUT2D eigenvalue weighted by Gasteiger charge is 2.28. The topological polar surface area (TPSA) is 40.7 Å². The summed E-state index contributed by atoms with van der Waals surface area (Å²) in [6.07, 6.45) is 3.13. The van der Waals surface area contributed by atoms with Crippen LogP contribution in [0.1, 0.15) is 20.3 Å². The average Bonchev–Trinajstić information content (AvgIpc) is 2.77. The van der Waals surface area contributed by atoms with E-state index in [1.807, 2.05) is 6.20 Å². The summed E-state index contributed by atoms with van der Waals surface area (Å²) in [5, 5.41) is 12.0. The minimum absolute atomic E-state index is 0.435. The van der Waals surface area contributed by atoms with Crippen molar-refractivity contribution in [3.63, 3.8) is 0 Å². The van der Waals surface area contributed by atoms with Crippen LogP contribution in [-0.4, -0.2) is 27.7 Å². The number of fused-ring (bicyclic) bond motifs is 1. The summed E-state index contributed by atoms with van der Waals surface area (Å²) in [6, 6.07) is 6.83. The minimum Gasteiger partial charge on any atom is -0.381 e. The van der Waals surface area contributed by atoms with Gasteiger partial charge in [0.2, 0.25) is 0 Å². The fraction of sp³-hybridized carbons (Fsp3) is 0.500. The highest BCUT2D eigenvalue weighted by molar-refractivity contribution is 7.99. The molecule has 1 saturated heterocycles. The number of hydrogen-bond acceptors (Lipinski definition) is 3. The number of aromatic amines is 1. The predicted molar refractivity (Wildman–Crippen MR) is 79.2 cm³/mol. The van der Waals surface area contributed by atoms with Crippen LogP contribution >= 0.6 is 11.8 Å². The lowest BCUT2D eigenvalue weighted by Gasteiger charge is -2.35. The van der Waals surface area contributed by atoms with Crippen LogP contribution in [0.2, 0.25) is 0 Å². The summed E-state index contributed by atoms with van der Waals surface area (Å²) in [5.74, 6) is 2.46. The number of benzene rings is 1. The molecule has 0 spiro atoms. The first-order valence-corrected chi connectivity index (χ1v) is 7.56. The van der Waals surface area contributed by atoms with Gasteiger partial charge < -0.3 is 5.32 Å². The van der Waals surface area contributed by atoms with Crippen LogP contribution < -0.4 is 5.32 Å². The molecule has 1 aromatic heterocycles. The summed E-state index contributed by atoms with van der Waals surface area (Å²) >= 11 is 2.05. The third kappa shape index (κ3) is 2.34. The number of nitrogens with one attached hydrogen (secondary N) is 2. The molecule has 3 nitrogen and oxygen atoms in total. The summed E-state index contributed by atoms with van der Waals surface area (Å²) in [7, 11) is 0. The lowest BCUT2D eigenvalue weighted by atomic mass is 9.87. The lowest BCUT2D eigenvalue weighted by molar-refractivity contribution is 0.358. The quantitative estimate of drug-likeness (QED) is 0.869. The van der Waals surface area contributed by atoms with Gasteiger partial charge in [-0.2, -0.15) is 16.9 Å². The molecule has 1 aromatic carbocycles. The Bertz CT molecular complexity index is 547. The summed E-state index contributed by atoms with van der Waals surface area (Å²) in [4.78, 5) is 0. The van der Waals surface area contributed by atoms with E-state index in [2.05, 4.69) is 59.3 Å². The molecule has 1 unspecified atom stereocenters. The third-order valence-corrected chi connectivity index (χ3v) is 5.08. The molecule has 1 fully saturated rings. The molecule has 2 aromatic rings. The SMILES string of the molecule is CC1(C)CSCC(Nc2cccc3[nH]ncc23)C1. The van der Waals surface area contributed by atoms with Crippen LogP contribution in [0.3, 0.4) is 0 Å². The van der Waals surface area contributed by atoms with Crippen LogP contribution in [-0.2, 0) is 0 Å². The maximum atomic E-state index is 4.11. The van der Waals surface area contributed by atoms with Gasteiger partial charge in [-0.05, 0) is 29.7 Å². The normalized spacial score (nSPS) is 23.1. The van der Waals surface area contributed by atoms with Crippen molar-refractivity contribution in [1.29, 1.82) is 0 Å². The summed E-state index contributed by atoms with van der Waals surface area (Å²) in [6.45, 7) is 4.71. The van der Waals surface area contributed by atoms with E-state index in [-0.39, 0.29) is 0 Å². The molecule has 2 N–H and O–H groups in total. The van der Waals surface area contributed by atoms with Crippen LogP contribution in [0.25, 0.3) is 10.9 Å². The van der Waals surface area contributed by atoms with Gasteiger partial charge in [0, 0.05) is 22.9 Å². The highest BCUT2D eigenvalue weighted by atomic mass is 32.2. The standard InChI is InChI=1S/C14H19N3S/c1-14(2)6-10(8-18-9-14)16-12-4-3-5-13-11(12)7-15-17-13/h3-5,7,10,16H,6,8-9H2,1-2H3,(H,15,17). The van der Waals surface area contributed by atoms with Crippen LogP contribution in [0.5, 0.6) is 0 Å². The van der Waals surface area contributed by atoms with Gasteiger partial charge in [-0.1, -0.05) is 19.9 Å². The number of aromatic nitrogens is 2. The molecule has 0 bridgehead atoms. The van der Waals surface area contributed by atoms with Crippen molar-refractivity contribution in [2.24, 2.45) is 5.41 Å². The summed E-state index contributed by atoms with van der Waals surface area (Å²) < 4.78 is 0. The molecule has 1 aliphatic rings. The number of anilines is 1. The smallest absolute Gasteiger partial charge is 0.0671 e. The van der Waals surface area contributed by atoms with Gasteiger partial charge in [0.25, 0.3) is 0 Å². The van der Waals surface area contributed by atoms with Gasteiger partial charge in [0.15, 0.2) is 0 Å². The van der Waals surface area contributed by atoms with E-state index in [9.17, 15) is 0 Å². The third-order valence-electron chi connectivity index (χ3n) is 3.46. The van der Waals surface area contributed by atoms with E-state index in [0.29, 0.717) is 11.5 Å². The van der Waals surface area contributed by atoms with Crippen LogP contribution in [0.4, 0.5) is 5.69 Å². The molecular formula is C14H19N3S. The molecule has 0 amide bonds. The Morgan fingerprint density at radius 2 is 2.33 bits per heavy atom. The van der Waals surface area contributed by atoms with Gasteiger partial charge in [-0.15, -0.1) is 0 Å². The number of thioether (sulfide) groups is 1. The lowest BCUT2D eigenvalue weighted by Crippen LogP contribution is -2.35. The first kappa shape index (κ1) is 11.9. The van der Waals surface area contributed by atoms with Gasteiger partial charge >= 0.3 is 0 Å². The van der Waals surface area contributed by atoms with Gasteiger partial charge in [-0.3, -0.25) is 5.10 Å².